The molecule has 0 saturated carbocycles. The topological polar surface area (TPSA) is 80.5 Å². The number of likely N-dealkylation sites (tertiary alicyclic amines) is 1. The second-order valence-electron chi connectivity index (χ2n) is 7.82. The van der Waals surface area contributed by atoms with Gasteiger partial charge in [-0.05, 0) is 56.6 Å². The SMILES string of the molecule is COc1ccc(NC(=O)C(C)N2CCCC(c3nc(-c4cccc(F)c4)no3)C2)cc1Cl. The summed E-state index contributed by atoms with van der Waals surface area (Å²) < 4.78 is 24.1. The molecule has 1 saturated heterocycles. The summed E-state index contributed by atoms with van der Waals surface area (Å²) in [6.45, 7) is 3.27. The molecule has 2 heterocycles. The van der Waals surface area contributed by atoms with Crippen LogP contribution in [0.2, 0.25) is 5.02 Å². The van der Waals surface area contributed by atoms with E-state index in [1.54, 1.807) is 37.4 Å². The van der Waals surface area contributed by atoms with Gasteiger partial charge in [0.2, 0.25) is 17.6 Å². The number of aromatic nitrogens is 2. The third-order valence-corrected chi connectivity index (χ3v) is 5.97. The Morgan fingerprint density at radius 1 is 1.34 bits per heavy atom. The van der Waals surface area contributed by atoms with E-state index in [0.29, 0.717) is 40.3 Å². The van der Waals surface area contributed by atoms with Gasteiger partial charge >= 0.3 is 0 Å². The van der Waals surface area contributed by atoms with Gasteiger partial charge < -0.3 is 14.6 Å². The van der Waals surface area contributed by atoms with Crippen LogP contribution in [0.3, 0.4) is 0 Å². The van der Waals surface area contributed by atoms with Gasteiger partial charge in [0.15, 0.2) is 0 Å². The summed E-state index contributed by atoms with van der Waals surface area (Å²) in [5.41, 5.74) is 1.18. The molecule has 1 aliphatic rings. The molecule has 2 aromatic carbocycles. The van der Waals surface area contributed by atoms with Crippen molar-refractivity contribution in [3.8, 4) is 17.1 Å². The maximum atomic E-state index is 13.5. The number of piperidine rings is 1. The van der Waals surface area contributed by atoms with Gasteiger partial charge in [0.1, 0.15) is 11.6 Å². The van der Waals surface area contributed by atoms with E-state index in [1.807, 2.05) is 6.92 Å². The fourth-order valence-electron chi connectivity index (χ4n) is 3.86. The van der Waals surface area contributed by atoms with Crippen LogP contribution in [0.4, 0.5) is 10.1 Å². The molecule has 1 aromatic heterocycles. The fraction of sp³-hybridized carbons (Fsp3) is 0.348. The molecule has 32 heavy (non-hydrogen) atoms. The van der Waals surface area contributed by atoms with Crippen molar-refractivity contribution in [1.82, 2.24) is 15.0 Å². The van der Waals surface area contributed by atoms with Gasteiger partial charge in [-0.25, -0.2) is 4.39 Å². The van der Waals surface area contributed by atoms with Crippen LogP contribution in [0.1, 0.15) is 31.6 Å². The van der Waals surface area contributed by atoms with Gasteiger partial charge in [0, 0.05) is 17.8 Å². The number of amides is 1. The van der Waals surface area contributed by atoms with Crippen molar-refractivity contribution in [3.63, 3.8) is 0 Å². The van der Waals surface area contributed by atoms with Crippen molar-refractivity contribution in [2.24, 2.45) is 0 Å². The molecule has 1 N–H and O–H groups in total. The Balaban J connectivity index is 1.41. The van der Waals surface area contributed by atoms with Gasteiger partial charge in [-0.3, -0.25) is 9.69 Å². The van der Waals surface area contributed by atoms with Crippen molar-refractivity contribution in [2.75, 3.05) is 25.5 Å². The monoisotopic (exact) mass is 458 g/mol. The normalized spacial score (nSPS) is 17.7. The van der Waals surface area contributed by atoms with Crippen LogP contribution in [-0.2, 0) is 4.79 Å². The Hall–Kier alpha value is -2.97. The number of hydrogen-bond donors (Lipinski definition) is 1. The molecular weight excluding hydrogens is 435 g/mol. The molecule has 9 heteroatoms. The van der Waals surface area contributed by atoms with Crippen LogP contribution >= 0.6 is 11.6 Å². The zero-order chi connectivity index (χ0) is 22.7. The number of rotatable bonds is 6. The van der Waals surface area contributed by atoms with Crippen molar-refractivity contribution < 1.29 is 18.4 Å². The fourth-order valence-corrected chi connectivity index (χ4v) is 4.12. The van der Waals surface area contributed by atoms with E-state index in [1.165, 1.54) is 12.1 Å². The Bertz CT molecular complexity index is 1110. The van der Waals surface area contributed by atoms with Gasteiger partial charge in [-0.1, -0.05) is 28.9 Å². The Morgan fingerprint density at radius 2 is 2.19 bits per heavy atom. The quantitative estimate of drug-likeness (QED) is 0.574. The number of carbonyl (C=O) groups excluding carboxylic acids is 1. The lowest BCUT2D eigenvalue weighted by Gasteiger charge is -2.34. The molecular formula is C23H24ClFN4O3. The first-order valence-electron chi connectivity index (χ1n) is 10.4. The molecule has 0 radical (unpaired) electrons. The number of anilines is 1. The summed E-state index contributed by atoms with van der Waals surface area (Å²) in [4.78, 5) is 19.4. The Kier molecular flexibility index (Phi) is 6.72. The zero-order valence-electron chi connectivity index (χ0n) is 17.8. The number of hydrogen-bond acceptors (Lipinski definition) is 6. The molecule has 168 valence electrons. The summed E-state index contributed by atoms with van der Waals surface area (Å²) in [5.74, 6) is 0.939. The largest absolute Gasteiger partial charge is 0.495 e. The summed E-state index contributed by atoms with van der Waals surface area (Å²) in [6.07, 6.45) is 1.78. The summed E-state index contributed by atoms with van der Waals surface area (Å²) >= 11 is 6.15. The van der Waals surface area contributed by atoms with E-state index >= 15 is 0 Å². The first-order valence-corrected chi connectivity index (χ1v) is 10.8. The van der Waals surface area contributed by atoms with Gasteiger partial charge in [-0.2, -0.15) is 4.98 Å². The molecule has 1 fully saturated rings. The van der Waals surface area contributed by atoms with Gasteiger partial charge in [0.05, 0.1) is 24.1 Å². The lowest BCUT2D eigenvalue weighted by molar-refractivity contribution is -0.121. The first kappa shape index (κ1) is 22.2. The van der Waals surface area contributed by atoms with Crippen LogP contribution in [-0.4, -0.2) is 47.2 Å². The minimum absolute atomic E-state index is 0.00393. The second-order valence-corrected chi connectivity index (χ2v) is 8.22. The van der Waals surface area contributed by atoms with Crippen LogP contribution in [0.5, 0.6) is 5.75 Å². The van der Waals surface area contributed by atoms with Crippen molar-refractivity contribution in [3.05, 3.63) is 59.2 Å². The predicted molar refractivity (Wildman–Crippen MR) is 119 cm³/mol. The van der Waals surface area contributed by atoms with E-state index < -0.39 is 0 Å². The van der Waals surface area contributed by atoms with Crippen molar-refractivity contribution >= 4 is 23.2 Å². The Morgan fingerprint density at radius 3 is 2.94 bits per heavy atom. The van der Waals surface area contributed by atoms with Crippen LogP contribution in [0, 0.1) is 5.82 Å². The molecule has 0 aliphatic carbocycles. The molecule has 1 aliphatic heterocycles. The number of nitrogens with zero attached hydrogens (tertiary/aromatic N) is 3. The lowest BCUT2D eigenvalue weighted by atomic mass is 9.96. The Labute approximate surface area is 190 Å². The molecule has 0 spiro atoms. The summed E-state index contributed by atoms with van der Waals surface area (Å²) in [5, 5.41) is 7.35. The average molecular weight is 459 g/mol. The summed E-state index contributed by atoms with van der Waals surface area (Å²) in [7, 11) is 1.54. The third kappa shape index (κ3) is 4.92. The van der Waals surface area contributed by atoms with Crippen LogP contribution < -0.4 is 10.1 Å². The third-order valence-electron chi connectivity index (χ3n) is 5.67. The predicted octanol–water partition coefficient (Wildman–Crippen LogP) is 4.74. The molecule has 0 bridgehead atoms. The average Bonchev–Trinajstić information content (AvgIpc) is 3.29. The van der Waals surface area contributed by atoms with Crippen molar-refractivity contribution in [1.29, 1.82) is 0 Å². The van der Waals surface area contributed by atoms with E-state index in [4.69, 9.17) is 20.9 Å². The minimum Gasteiger partial charge on any atom is -0.495 e. The summed E-state index contributed by atoms with van der Waals surface area (Å²) in [6, 6.07) is 10.9. The number of carbonyl (C=O) groups is 1. The smallest absolute Gasteiger partial charge is 0.241 e. The zero-order valence-corrected chi connectivity index (χ0v) is 18.6. The highest BCUT2D eigenvalue weighted by atomic mass is 35.5. The lowest BCUT2D eigenvalue weighted by Crippen LogP contribution is -2.46. The standard InChI is InChI=1S/C23H24ClFN4O3/c1-14(22(30)26-18-8-9-20(31-2)19(24)12-18)29-10-4-6-16(13-29)23-27-21(28-32-23)15-5-3-7-17(25)11-15/h3,5,7-9,11-12,14,16H,4,6,10,13H2,1-2H3,(H,26,30). The molecule has 3 aromatic rings. The molecule has 2 atom stereocenters. The number of nitrogens with one attached hydrogen (secondary N) is 1. The molecule has 4 rings (SSSR count). The molecule has 1 amide bonds. The highest BCUT2D eigenvalue weighted by Crippen LogP contribution is 2.30. The maximum absolute atomic E-state index is 13.5. The number of methoxy groups -OCH3 is 1. The van der Waals surface area contributed by atoms with E-state index in [0.717, 1.165) is 19.4 Å². The molecule has 2 unspecified atom stereocenters. The maximum Gasteiger partial charge on any atom is 0.241 e. The van der Waals surface area contributed by atoms with Gasteiger partial charge in [-0.15, -0.1) is 0 Å². The van der Waals surface area contributed by atoms with E-state index in [9.17, 15) is 9.18 Å². The minimum atomic E-state index is -0.357. The first-order chi connectivity index (χ1) is 15.4. The second kappa shape index (κ2) is 9.67. The van der Waals surface area contributed by atoms with Crippen molar-refractivity contribution in [2.45, 2.75) is 31.7 Å². The van der Waals surface area contributed by atoms with Gasteiger partial charge in [0.25, 0.3) is 0 Å². The highest BCUT2D eigenvalue weighted by molar-refractivity contribution is 6.32. The van der Waals surface area contributed by atoms with E-state index in [2.05, 4.69) is 20.4 Å². The van der Waals surface area contributed by atoms with Crippen LogP contribution in [0.15, 0.2) is 47.0 Å². The van der Waals surface area contributed by atoms with Crippen LogP contribution in [0.25, 0.3) is 11.4 Å². The number of benzene rings is 2. The number of ether oxygens (including phenoxy) is 1. The molecule has 7 nitrogen and oxygen atoms in total. The number of halogens is 2. The highest BCUT2D eigenvalue weighted by Gasteiger charge is 2.31. The van der Waals surface area contributed by atoms with E-state index in [-0.39, 0.29) is 23.7 Å².